The summed E-state index contributed by atoms with van der Waals surface area (Å²) in [5, 5.41) is 19.6. The van der Waals surface area contributed by atoms with E-state index in [1.165, 1.54) is 6.07 Å². The first-order valence-electron chi connectivity index (χ1n) is 2.91. The second-order valence-corrected chi connectivity index (χ2v) is 3.84. The number of rotatable bonds is 1. The number of hydrogen-bond donors (Lipinski definition) is 1. The Hall–Kier alpha value is 0.450. The summed E-state index contributed by atoms with van der Waals surface area (Å²) < 4.78 is 0.877. The zero-order valence-electron chi connectivity index (χ0n) is 6.67. The molecule has 0 saturated heterocycles. The Morgan fingerprint density at radius 1 is 1.38 bits per heavy atom. The molecule has 0 saturated carbocycles. The van der Waals surface area contributed by atoms with Gasteiger partial charge in [-0.1, -0.05) is 15.9 Å². The van der Waals surface area contributed by atoms with Crippen molar-refractivity contribution in [2.24, 2.45) is 0 Å². The first kappa shape index (κ1) is 13.4. The van der Waals surface area contributed by atoms with Gasteiger partial charge in [-0.05, 0) is 28.1 Å². The molecule has 0 radical (unpaired) electrons. The molecule has 0 fully saturated rings. The Balaban J connectivity index is 0.00000144. The number of benzene rings is 1. The zero-order chi connectivity index (χ0) is 9.30. The van der Waals surface area contributed by atoms with Crippen LogP contribution in [0.25, 0.3) is 0 Å². The summed E-state index contributed by atoms with van der Waals surface area (Å²) in [5.74, 6) is -1.73. The van der Waals surface area contributed by atoms with Crippen LogP contribution in [0, 0.1) is 0 Å². The number of carboxylic acids is 1. The van der Waals surface area contributed by atoms with Gasteiger partial charge < -0.3 is 15.0 Å². The Kier molecular flexibility index (Phi) is 5.55. The van der Waals surface area contributed by atoms with Crippen molar-refractivity contribution < 1.29 is 44.6 Å². The molecular weight excluding hydrogens is 315 g/mol. The van der Waals surface area contributed by atoms with Crippen LogP contribution in [0.1, 0.15) is 10.4 Å². The summed E-state index contributed by atoms with van der Waals surface area (Å²) in [5.41, 5.74) is -0.240. The van der Waals surface area contributed by atoms with Crippen molar-refractivity contribution >= 4 is 37.8 Å². The summed E-state index contributed by atoms with van der Waals surface area (Å²) in [4.78, 5) is 10.4. The van der Waals surface area contributed by atoms with Crippen LogP contribution in [0.3, 0.4) is 0 Å². The molecule has 13 heavy (non-hydrogen) atoms. The van der Waals surface area contributed by atoms with Gasteiger partial charge in [0.05, 0.1) is 10.4 Å². The van der Waals surface area contributed by atoms with E-state index in [-0.39, 0.29) is 40.9 Å². The fourth-order valence-electron chi connectivity index (χ4n) is 0.722. The predicted octanol–water partition coefficient (Wildman–Crippen LogP) is -1.72. The van der Waals surface area contributed by atoms with E-state index in [0.29, 0.717) is 8.95 Å². The molecule has 0 amide bonds. The minimum atomic E-state index is -1.41. The van der Waals surface area contributed by atoms with E-state index < -0.39 is 5.97 Å². The summed E-state index contributed by atoms with van der Waals surface area (Å²) in [7, 11) is 0. The monoisotopic (exact) mass is 316 g/mol. The topological polar surface area (TPSA) is 60.4 Å². The summed E-state index contributed by atoms with van der Waals surface area (Å²) in [6, 6.07) is 2.82. The van der Waals surface area contributed by atoms with Gasteiger partial charge in [0.2, 0.25) is 0 Å². The molecule has 0 heterocycles. The third-order valence-electron chi connectivity index (χ3n) is 1.25. The minimum absolute atomic E-state index is 0. The van der Waals surface area contributed by atoms with Crippen molar-refractivity contribution in [1.29, 1.82) is 0 Å². The van der Waals surface area contributed by atoms with Crippen LogP contribution >= 0.6 is 31.9 Å². The van der Waals surface area contributed by atoms with Gasteiger partial charge in [0.1, 0.15) is 5.75 Å². The first-order valence-corrected chi connectivity index (χ1v) is 4.50. The van der Waals surface area contributed by atoms with E-state index in [9.17, 15) is 15.0 Å². The van der Waals surface area contributed by atoms with Gasteiger partial charge in [0.25, 0.3) is 0 Å². The molecule has 3 nitrogen and oxygen atoms in total. The fraction of sp³-hybridized carbons (Fsp3) is 0. The third-order valence-corrected chi connectivity index (χ3v) is 2.31. The molecule has 0 aliphatic heterocycles. The number of phenols is 1. The summed E-state index contributed by atoms with van der Waals surface area (Å²) in [6.07, 6.45) is 0. The molecule has 0 bridgehead atoms. The maximum absolute atomic E-state index is 10.4. The van der Waals surface area contributed by atoms with Crippen LogP contribution in [0.15, 0.2) is 21.1 Å². The third kappa shape index (κ3) is 3.25. The number of halogens is 2. The van der Waals surface area contributed by atoms with Crippen molar-refractivity contribution in [3.8, 4) is 5.75 Å². The van der Waals surface area contributed by atoms with E-state index in [4.69, 9.17) is 0 Å². The minimum Gasteiger partial charge on any atom is -0.545 e. The SMILES string of the molecule is O=C([O-])c1cc(Br)cc(Br)c1O.[Na+]. The Morgan fingerprint density at radius 3 is 2.38 bits per heavy atom. The van der Waals surface area contributed by atoms with E-state index >= 15 is 0 Å². The smallest absolute Gasteiger partial charge is 0.545 e. The molecule has 1 aromatic rings. The Labute approximate surface area is 114 Å². The van der Waals surface area contributed by atoms with Crippen LogP contribution in [-0.4, -0.2) is 11.1 Å². The number of hydrogen-bond acceptors (Lipinski definition) is 3. The molecule has 0 spiro atoms. The van der Waals surface area contributed by atoms with Gasteiger partial charge in [0, 0.05) is 10.0 Å². The van der Waals surface area contributed by atoms with Crippen molar-refractivity contribution in [2.45, 2.75) is 0 Å². The predicted molar refractivity (Wildman–Crippen MR) is 47.8 cm³/mol. The number of aromatic carboxylic acids is 1. The average molecular weight is 318 g/mol. The maximum atomic E-state index is 10.4. The van der Waals surface area contributed by atoms with Crippen LogP contribution in [0.2, 0.25) is 0 Å². The standard InChI is InChI=1S/C7H4Br2O3.Na/c8-3-1-4(7(11)12)6(10)5(9)2-3;/h1-2,10H,(H,11,12);/q;+1/p-1. The zero-order valence-corrected chi connectivity index (χ0v) is 11.8. The van der Waals surface area contributed by atoms with Crippen molar-refractivity contribution in [3.05, 3.63) is 26.6 Å². The van der Waals surface area contributed by atoms with Crippen molar-refractivity contribution in [2.75, 3.05) is 0 Å². The molecule has 0 atom stereocenters. The molecule has 1 N–H and O–H groups in total. The van der Waals surface area contributed by atoms with Gasteiger partial charge in [-0.3, -0.25) is 0 Å². The quantitative estimate of drug-likeness (QED) is 0.627. The van der Waals surface area contributed by atoms with Crippen LogP contribution in [-0.2, 0) is 0 Å². The van der Waals surface area contributed by atoms with Gasteiger partial charge in [-0.25, -0.2) is 0 Å². The first-order chi connectivity index (χ1) is 5.52. The molecule has 1 rings (SSSR count). The number of carbonyl (C=O) groups excluding carboxylic acids is 1. The van der Waals surface area contributed by atoms with E-state index in [2.05, 4.69) is 31.9 Å². The van der Waals surface area contributed by atoms with E-state index in [0.717, 1.165) is 0 Å². The van der Waals surface area contributed by atoms with Crippen molar-refractivity contribution in [3.63, 3.8) is 0 Å². The molecular formula is C7H3Br2NaO3. The second kappa shape index (κ2) is 5.36. The van der Waals surface area contributed by atoms with E-state index in [1.54, 1.807) is 6.07 Å². The van der Waals surface area contributed by atoms with Gasteiger partial charge >= 0.3 is 29.6 Å². The fourth-order valence-corrected chi connectivity index (χ4v) is 1.95. The average Bonchev–Trinajstić information content (AvgIpc) is 1.96. The van der Waals surface area contributed by atoms with Crippen LogP contribution < -0.4 is 34.7 Å². The van der Waals surface area contributed by atoms with Gasteiger partial charge in [0.15, 0.2) is 0 Å². The largest absolute Gasteiger partial charge is 1.00 e. The Bertz CT molecular complexity index is 341. The number of carbonyl (C=O) groups is 1. The second-order valence-electron chi connectivity index (χ2n) is 2.07. The summed E-state index contributed by atoms with van der Waals surface area (Å²) >= 11 is 6.08. The van der Waals surface area contributed by atoms with Gasteiger partial charge in [-0.15, -0.1) is 0 Å². The maximum Gasteiger partial charge on any atom is 1.00 e. The Morgan fingerprint density at radius 2 is 1.92 bits per heavy atom. The number of aromatic hydroxyl groups is 1. The van der Waals surface area contributed by atoms with Crippen molar-refractivity contribution in [1.82, 2.24) is 0 Å². The summed E-state index contributed by atoms with van der Waals surface area (Å²) in [6.45, 7) is 0. The normalized spacial score (nSPS) is 9.08. The van der Waals surface area contributed by atoms with Crippen LogP contribution in [0.4, 0.5) is 0 Å². The van der Waals surface area contributed by atoms with E-state index in [1.807, 2.05) is 0 Å². The molecule has 0 aliphatic rings. The van der Waals surface area contributed by atoms with Gasteiger partial charge in [-0.2, -0.15) is 0 Å². The molecule has 0 aromatic heterocycles. The number of carboxylic acid groups (broad SMARTS) is 1. The molecule has 0 unspecified atom stereocenters. The molecule has 0 aliphatic carbocycles. The molecule has 6 heteroatoms. The molecule has 1 aromatic carbocycles. The molecule has 64 valence electrons. The van der Waals surface area contributed by atoms with Crippen LogP contribution in [0.5, 0.6) is 5.75 Å².